The quantitative estimate of drug-likeness (QED) is 0.380. The fraction of sp³-hybridized carbons (Fsp3) is 0.833. The SMILES string of the molecule is C#CCCC(CC1CC(OCC)C1)NN. The largest absolute Gasteiger partial charge is 0.378 e. The van der Waals surface area contributed by atoms with Crippen LogP contribution in [0.3, 0.4) is 0 Å². The molecule has 3 heteroatoms. The normalized spacial score (nSPS) is 26.7. The van der Waals surface area contributed by atoms with Gasteiger partial charge in [-0.25, -0.2) is 0 Å². The summed E-state index contributed by atoms with van der Waals surface area (Å²) in [4.78, 5) is 0. The fourth-order valence-corrected chi connectivity index (χ4v) is 2.17. The lowest BCUT2D eigenvalue weighted by atomic mass is 9.77. The maximum Gasteiger partial charge on any atom is 0.0580 e. The molecule has 1 aliphatic carbocycles. The third kappa shape index (κ3) is 4.21. The molecule has 0 aromatic carbocycles. The monoisotopic (exact) mass is 210 g/mol. The van der Waals surface area contributed by atoms with Crippen molar-refractivity contribution in [3.05, 3.63) is 0 Å². The molecule has 0 aromatic rings. The van der Waals surface area contributed by atoms with Crippen LogP contribution in [0.25, 0.3) is 0 Å². The predicted molar refractivity (Wildman–Crippen MR) is 61.9 cm³/mol. The molecule has 3 N–H and O–H groups in total. The van der Waals surface area contributed by atoms with Gasteiger partial charge in [-0.1, -0.05) is 0 Å². The molecule has 0 aromatic heterocycles. The van der Waals surface area contributed by atoms with Crippen molar-refractivity contribution in [3.63, 3.8) is 0 Å². The summed E-state index contributed by atoms with van der Waals surface area (Å²) in [5, 5.41) is 0. The molecule has 1 fully saturated rings. The van der Waals surface area contributed by atoms with E-state index in [2.05, 4.69) is 11.3 Å². The molecular weight excluding hydrogens is 188 g/mol. The van der Waals surface area contributed by atoms with Crippen molar-refractivity contribution in [2.45, 2.75) is 51.2 Å². The standard InChI is InChI=1S/C12H22N2O/c1-3-5-6-11(14-13)7-10-8-12(9-10)15-4-2/h1,10-12,14H,4-9,13H2,2H3. The van der Waals surface area contributed by atoms with Gasteiger partial charge in [-0.2, -0.15) is 0 Å². The molecule has 0 spiro atoms. The predicted octanol–water partition coefficient (Wildman–Crippen LogP) is 1.44. The molecule has 0 heterocycles. The Hall–Kier alpha value is -0.560. The second-order valence-electron chi connectivity index (χ2n) is 4.26. The van der Waals surface area contributed by atoms with Gasteiger partial charge in [0.25, 0.3) is 0 Å². The Kier molecular flexibility index (Phi) is 5.70. The summed E-state index contributed by atoms with van der Waals surface area (Å²) in [5.74, 6) is 8.90. The molecule has 0 amide bonds. The van der Waals surface area contributed by atoms with Crippen LogP contribution >= 0.6 is 0 Å². The number of terminal acetylenes is 1. The first-order valence-electron chi connectivity index (χ1n) is 5.81. The van der Waals surface area contributed by atoms with Gasteiger partial charge in [0.15, 0.2) is 0 Å². The second kappa shape index (κ2) is 6.84. The van der Waals surface area contributed by atoms with Crippen molar-refractivity contribution in [2.24, 2.45) is 11.8 Å². The molecule has 0 saturated heterocycles. The van der Waals surface area contributed by atoms with Crippen molar-refractivity contribution in [1.29, 1.82) is 0 Å². The minimum Gasteiger partial charge on any atom is -0.378 e. The molecule has 1 saturated carbocycles. The smallest absolute Gasteiger partial charge is 0.0580 e. The van der Waals surface area contributed by atoms with Crippen molar-refractivity contribution in [2.75, 3.05) is 6.61 Å². The topological polar surface area (TPSA) is 47.3 Å². The molecule has 0 radical (unpaired) electrons. The molecule has 1 unspecified atom stereocenters. The first-order chi connectivity index (χ1) is 7.30. The Labute approximate surface area is 92.7 Å². The van der Waals surface area contributed by atoms with Gasteiger partial charge in [-0.05, 0) is 38.5 Å². The summed E-state index contributed by atoms with van der Waals surface area (Å²) in [5.41, 5.74) is 2.85. The molecule has 3 nitrogen and oxygen atoms in total. The van der Waals surface area contributed by atoms with E-state index >= 15 is 0 Å². The van der Waals surface area contributed by atoms with Gasteiger partial charge >= 0.3 is 0 Å². The molecule has 1 rings (SSSR count). The van der Waals surface area contributed by atoms with E-state index in [1.54, 1.807) is 0 Å². The van der Waals surface area contributed by atoms with Crippen LogP contribution < -0.4 is 11.3 Å². The average molecular weight is 210 g/mol. The number of hydrazine groups is 1. The Morgan fingerprint density at radius 3 is 2.87 bits per heavy atom. The molecule has 1 aliphatic rings. The highest BCUT2D eigenvalue weighted by atomic mass is 16.5. The van der Waals surface area contributed by atoms with Crippen molar-refractivity contribution >= 4 is 0 Å². The molecular formula is C12H22N2O. The van der Waals surface area contributed by atoms with Gasteiger partial charge in [0.2, 0.25) is 0 Å². The number of nitrogens with two attached hydrogens (primary N) is 1. The van der Waals surface area contributed by atoms with Crippen LogP contribution in [-0.4, -0.2) is 18.8 Å². The highest BCUT2D eigenvalue weighted by Gasteiger charge is 2.30. The van der Waals surface area contributed by atoms with E-state index < -0.39 is 0 Å². The summed E-state index contributed by atoms with van der Waals surface area (Å²) >= 11 is 0. The third-order valence-electron chi connectivity index (χ3n) is 3.09. The maximum absolute atomic E-state index is 5.52. The lowest BCUT2D eigenvalue weighted by Gasteiger charge is -2.36. The summed E-state index contributed by atoms with van der Waals surface area (Å²) in [6, 6.07) is 0.369. The lowest BCUT2D eigenvalue weighted by molar-refractivity contribution is -0.0292. The summed E-state index contributed by atoms with van der Waals surface area (Å²) in [7, 11) is 0. The zero-order chi connectivity index (χ0) is 11.1. The minimum absolute atomic E-state index is 0.369. The first-order valence-corrected chi connectivity index (χ1v) is 5.81. The van der Waals surface area contributed by atoms with Gasteiger partial charge in [0.1, 0.15) is 0 Å². The van der Waals surface area contributed by atoms with Crippen LogP contribution in [0.2, 0.25) is 0 Å². The van der Waals surface area contributed by atoms with E-state index in [0.717, 1.165) is 31.8 Å². The number of nitrogens with one attached hydrogen (secondary N) is 1. The molecule has 0 bridgehead atoms. The second-order valence-corrected chi connectivity index (χ2v) is 4.26. The van der Waals surface area contributed by atoms with Gasteiger partial charge < -0.3 is 4.74 Å². The lowest BCUT2D eigenvalue weighted by Crippen LogP contribution is -2.40. The number of hydrogen-bond donors (Lipinski definition) is 2. The molecule has 0 aliphatic heterocycles. The molecule has 1 atom stereocenters. The summed E-state index contributed by atoms with van der Waals surface area (Å²) < 4.78 is 5.52. The van der Waals surface area contributed by atoms with Crippen molar-refractivity contribution < 1.29 is 4.74 Å². The zero-order valence-corrected chi connectivity index (χ0v) is 9.54. The zero-order valence-electron chi connectivity index (χ0n) is 9.54. The van der Waals surface area contributed by atoms with Gasteiger partial charge in [-0.15, -0.1) is 12.3 Å². The molecule has 86 valence electrons. The Morgan fingerprint density at radius 2 is 2.33 bits per heavy atom. The number of rotatable bonds is 7. The Balaban J connectivity index is 2.10. The average Bonchev–Trinajstić information content (AvgIpc) is 2.20. The van der Waals surface area contributed by atoms with Gasteiger partial charge in [0.05, 0.1) is 6.10 Å². The number of hydrogen-bond acceptors (Lipinski definition) is 3. The van der Waals surface area contributed by atoms with Crippen LogP contribution in [-0.2, 0) is 4.74 Å². The van der Waals surface area contributed by atoms with E-state index in [-0.39, 0.29) is 0 Å². The van der Waals surface area contributed by atoms with Crippen LogP contribution in [0, 0.1) is 18.3 Å². The molecule has 15 heavy (non-hydrogen) atoms. The highest BCUT2D eigenvalue weighted by molar-refractivity contribution is 4.88. The van der Waals surface area contributed by atoms with Crippen molar-refractivity contribution in [1.82, 2.24) is 5.43 Å². The van der Waals surface area contributed by atoms with E-state index in [1.165, 1.54) is 12.8 Å². The van der Waals surface area contributed by atoms with Crippen LogP contribution in [0.5, 0.6) is 0 Å². The Bertz CT molecular complexity index is 206. The van der Waals surface area contributed by atoms with Crippen LogP contribution in [0.1, 0.15) is 39.0 Å². The van der Waals surface area contributed by atoms with Crippen molar-refractivity contribution in [3.8, 4) is 12.3 Å². The van der Waals surface area contributed by atoms with Crippen LogP contribution in [0.4, 0.5) is 0 Å². The van der Waals surface area contributed by atoms with Crippen LogP contribution in [0.15, 0.2) is 0 Å². The Morgan fingerprint density at radius 1 is 1.60 bits per heavy atom. The fourth-order valence-electron chi connectivity index (χ4n) is 2.17. The number of ether oxygens (including phenoxy) is 1. The highest BCUT2D eigenvalue weighted by Crippen LogP contribution is 2.33. The third-order valence-corrected chi connectivity index (χ3v) is 3.09. The van der Waals surface area contributed by atoms with Gasteiger partial charge in [-0.3, -0.25) is 11.3 Å². The van der Waals surface area contributed by atoms with E-state index in [9.17, 15) is 0 Å². The van der Waals surface area contributed by atoms with E-state index in [1.807, 2.05) is 6.92 Å². The first kappa shape index (κ1) is 12.5. The van der Waals surface area contributed by atoms with E-state index in [4.69, 9.17) is 17.0 Å². The summed E-state index contributed by atoms with van der Waals surface area (Å²) in [6.07, 6.45) is 11.0. The summed E-state index contributed by atoms with van der Waals surface area (Å²) in [6.45, 7) is 2.87. The minimum atomic E-state index is 0.369. The van der Waals surface area contributed by atoms with Gasteiger partial charge in [0, 0.05) is 19.1 Å². The maximum atomic E-state index is 5.52. The van der Waals surface area contributed by atoms with E-state index in [0.29, 0.717) is 12.1 Å².